The standard InChI is InChI=1S/C9H5BrClN3O2.C5H11Cl/c10-7-4-6(9(15)16)14(13-7)8-5(11)2-1-3-12-8;1-2-3-4-5-6/h1-4H,(H,15,16);2-5H2,1H3. The van der Waals surface area contributed by atoms with E-state index in [9.17, 15) is 4.79 Å². The molecule has 0 bridgehead atoms. The number of carboxylic acids is 1. The highest BCUT2D eigenvalue weighted by Crippen LogP contribution is 2.20. The van der Waals surface area contributed by atoms with Gasteiger partial charge >= 0.3 is 5.97 Å². The van der Waals surface area contributed by atoms with Crippen LogP contribution in [0.3, 0.4) is 0 Å². The van der Waals surface area contributed by atoms with Crippen LogP contribution in [0, 0.1) is 0 Å². The lowest BCUT2D eigenvalue weighted by atomic mass is 10.3. The van der Waals surface area contributed by atoms with E-state index < -0.39 is 5.97 Å². The van der Waals surface area contributed by atoms with Gasteiger partial charge in [-0.05, 0) is 34.5 Å². The molecule has 0 spiro atoms. The summed E-state index contributed by atoms with van der Waals surface area (Å²) in [5, 5.41) is 13.3. The van der Waals surface area contributed by atoms with E-state index in [1.807, 2.05) is 0 Å². The first-order valence-corrected chi connectivity index (χ1v) is 8.37. The van der Waals surface area contributed by atoms with Crippen LogP contribution < -0.4 is 0 Å². The van der Waals surface area contributed by atoms with Crippen LogP contribution in [0.5, 0.6) is 0 Å². The van der Waals surface area contributed by atoms with Crippen molar-refractivity contribution in [3.8, 4) is 5.82 Å². The number of aromatic carboxylic acids is 1. The fourth-order valence-corrected chi connectivity index (χ4v) is 2.31. The number of carboxylic acid groups (broad SMARTS) is 1. The molecule has 0 aromatic carbocycles. The van der Waals surface area contributed by atoms with Crippen LogP contribution in [-0.4, -0.2) is 31.7 Å². The molecule has 0 aliphatic rings. The molecule has 0 amide bonds. The molecule has 2 rings (SSSR count). The maximum Gasteiger partial charge on any atom is 0.354 e. The molecule has 0 atom stereocenters. The molecular weight excluding hydrogens is 393 g/mol. The Balaban J connectivity index is 0.000000346. The Morgan fingerprint density at radius 1 is 1.45 bits per heavy atom. The highest BCUT2D eigenvalue weighted by molar-refractivity contribution is 9.10. The van der Waals surface area contributed by atoms with E-state index in [2.05, 4.69) is 32.9 Å². The minimum Gasteiger partial charge on any atom is -0.477 e. The number of hydrogen-bond donors (Lipinski definition) is 1. The van der Waals surface area contributed by atoms with Gasteiger partial charge in [0.25, 0.3) is 0 Å². The van der Waals surface area contributed by atoms with Crippen LogP contribution >= 0.6 is 39.1 Å². The van der Waals surface area contributed by atoms with Crippen molar-refractivity contribution < 1.29 is 9.90 Å². The molecule has 120 valence electrons. The summed E-state index contributed by atoms with van der Waals surface area (Å²) in [6.45, 7) is 2.17. The average Bonchev–Trinajstić information content (AvgIpc) is 2.88. The summed E-state index contributed by atoms with van der Waals surface area (Å²) in [7, 11) is 0. The molecule has 0 aliphatic heterocycles. The minimum atomic E-state index is -1.10. The third-order valence-electron chi connectivity index (χ3n) is 2.58. The lowest BCUT2D eigenvalue weighted by Gasteiger charge is -2.04. The van der Waals surface area contributed by atoms with Crippen LogP contribution in [0.25, 0.3) is 5.82 Å². The molecule has 0 fully saturated rings. The molecule has 2 aromatic heterocycles. The predicted octanol–water partition coefficient (Wildman–Crippen LogP) is 4.80. The quantitative estimate of drug-likeness (QED) is 0.570. The van der Waals surface area contributed by atoms with Crippen LogP contribution in [0.15, 0.2) is 29.0 Å². The van der Waals surface area contributed by atoms with Crippen molar-refractivity contribution in [2.45, 2.75) is 26.2 Å². The van der Waals surface area contributed by atoms with Gasteiger partial charge in [0.1, 0.15) is 4.60 Å². The number of halogens is 3. The topological polar surface area (TPSA) is 68.0 Å². The van der Waals surface area contributed by atoms with Gasteiger partial charge in [0, 0.05) is 18.1 Å². The molecule has 0 saturated heterocycles. The summed E-state index contributed by atoms with van der Waals surface area (Å²) >= 11 is 14.4. The fraction of sp³-hybridized carbons (Fsp3) is 0.357. The number of carbonyl (C=O) groups is 1. The van der Waals surface area contributed by atoms with E-state index in [1.54, 1.807) is 12.1 Å². The summed E-state index contributed by atoms with van der Waals surface area (Å²) in [4.78, 5) is 15.0. The summed E-state index contributed by atoms with van der Waals surface area (Å²) in [6.07, 6.45) is 5.25. The van der Waals surface area contributed by atoms with E-state index in [4.69, 9.17) is 28.3 Å². The molecule has 2 aromatic rings. The predicted molar refractivity (Wildman–Crippen MR) is 91.3 cm³/mol. The van der Waals surface area contributed by atoms with Crippen molar-refractivity contribution >= 4 is 45.1 Å². The van der Waals surface area contributed by atoms with Gasteiger partial charge < -0.3 is 5.11 Å². The van der Waals surface area contributed by atoms with Crippen molar-refractivity contribution in [2.24, 2.45) is 0 Å². The van der Waals surface area contributed by atoms with Crippen molar-refractivity contribution in [3.63, 3.8) is 0 Å². The summed E-state index contributed by atoms with van der Waals surface area (Å²) in [6, 6.07) is 4.66. The Labute approximate surface area is 147 Å². The number of rotatable bonds is 5. The van der Waals surface area contributed by atoms with Gasteiger partial charge in [-0.15, -0.1) is 11.6 Å². The van der Waals surface area contributed by atoms with Gasteiger partial charge in [0.15, 0.2) is 11.5 Å². The van der Waals surface area contributed by atoms with Crippen LogP contribution in [0.2, 0.25) is 5.02 Å². The Kier molecular flexibility index (Phi) is 8.45. The molecule has 0 radical (unpaired) electrons. The first-order chi connectivity index (χ1) is 10.5. The summed E-state index contributed by atoms with van der Waals surface area (Å²) in [5.41, 5.74) is -0.00697. The second-order valence-corrected chi connectivity index (χ2v) is 5.87. The normalized spacial score (nSPS) is 10.0. The molecule has 0 aliphatic carbocycles. The fourth-order valence-electron chi connectivity index (χ4n) is 1.54. The first-order valence-electron chi connectivity index (χ1n) is 6.67. The molecule has 2 heterocycles. The van der Waals surface area contributed by atoms with E-state index in [0.717, 1.165) is 5.88 Å². The largest absolute Gasteiger partial charge is 0.477 e. The maximum absolute atomic E-state index is 11.0. The molecule has 5 nitrogen and oxygen atoms in total. The Morgan fingerprint density at radius 2 is 2.18 bits per heavy atom. The number of nitrogens with zero attached hydrogens (tertiary/aromatic N) is 3. The number of aromatic nitrogens is 3. The van der Waals surface area contributed by atoms with Crippen LogP contribution in [-0.2, 0) is 0 Å². The van der Waals surface area contributed by atoms with Gasteiger partial charge in [-0.25, -0.2) is 14.5 Å². The zero-order valence-electron chi connectivity index (χ0n) is 12.0. The van der Waals surface area contributed by atoms with Crippen molar-refractivity contribution in [2.75, 3.05) is 5.88 Å². The monoisotopic (exact) mass is 407 g/mol. The molecule has 0 unspecified atom stereocenters. The highest BCUT2D eigenvalue weighted by Gasteiger charge is 2.17. The number of unbranched alkanes of at least 4 members (excludes halogenated alkanes) is 2. The Hall–Kier alpha value is -1.11. The average molecular weight is 409 g/mol. The van der Waals surface area contributed by atoms with Gasteiger partial charge in [-0.2, -0.15) is 5.10 Å². The first kappa shape index (κ1) is 18.9. The zero-order valence-corrected chi connectivity index (χ0v) is 15.1. The minimum absolute atomic E-state index is 0.00697. The Morgan fingerprint density at radius 3 is 2.68 bits per heavy atom. The van der Waals surface area contributed by atoms with Gasteiger partial charge in [0.05, 0.1) is 5.02 Å². The van der Waals surface area contributed by atoms with Gasteiger partial charge in [0.2, 0.25) is 0 Å². The third-order valence-corrected chi connectivity index (χ3v) is 3.53. The number of pyridine rings is 1. The smallest absolute Gasteiger partial charge is 0.354 e. The number of alkyl halides is 1. The third kappa shape index (κ3) is 5.59. The van der Waals surface area contributed by atoms with Gasteiger partial charge in [-0.3, -0.25) is 0 Å². The molecule has 22 heavy (non-hydrogen) atoms. The van der Waals surface area contributed by atoms with E-state index >= 15 is 0 Å². The molecule has 8 heteroatoms. The summed E-state index contributed by atoms with van der Waals surface area (Å²) in [5.74, 6) is 0.0144. The SMILES string of the molecule is CCCCCCl.O=C(O)c1cc(Br)nn1-c1ncccc1Cl. The van der Waals surface area contributed by atoms with Crippen molar-refractivity contribution in [1.82, 2.24) is 14.8 Å². The lowest BCUT2D eigenvalue weighted by molar-refractivity contribution is 0.0687. The maximum atomic E-state index is 11.0. The zero-order chi connectivity index (χ0) is 16.5. The molecule has 0 saturated carbocycles. The molecule has 1 N–H and O–H groups in total. The van der Waals surface area contributed by atoms with Crippen molar-refractivity contribution in [1.29, 1.82) is 0 Å². The number of hydrogen-bond acceptors (Lipinski definition) is 3. The van der Waals surface area contributed by atoms with Gasteiger partial charge in [-0.1, -0.05) is 31.4 Å². The Bertz CT molecular complexity index is 616. The van der Waals surface area contributed by atoms with Crippen molar-refractivity contribution in [3.05, 3.63) is 39.7 Å². The van der Waals surface area contributed by atoms with Crippen LogP contribution in [0.4, 0.5) is 0 Å². The van der Waals surface area contributed by atoms with E-state index in [-0.39, 0.29) is 11.5 Å². The van der Waals surface area contributed by atoms with Crippen LogP contribution in [0.1, 0.15) is 36.7 Å². The summed E-state index contributed by atoms with van der Waals surface area (Å²) < 4.78 is 1.58. The van der Waals surface area contributed by atoms with E-state index in [1.165, 1.54) is 36.2 Å². The lowest BCUT2D eigenvalue weighted by Crippen LogP contribution is -2.09. The molecular formula is C14H16BrCl2N3O2. The van der Waals surface area contributed by atoms with E-state index in [0.29, 0.717) is 9.63 Å². The highest BCUT2D eigenvalue weighted by atomic mass is 79.9. The second kappa shape index (κ2) is 9.82. The second-order valence-electron chi connectivity index (χ2n) is 4.27.